The maximum absolute atomic E-state index is 13.1. The first-order valence-electron chi connectivity index (χ1n) is 4.52. The molecular formula is C11H5Cl3FNO. The molecule has 1 aromatic carbocycles. The minimum absolute atomic E-state index is 0.0664. The van der Waals surface area contributed by atoms with Gasteiger partial charge in [0.15, 0.2) is 0 Å². The summed E-state index contributed by atoms with van der Waals surface area (Å²) in [6.45, 7) is 0. The van der Waals surface area contributed by atoms with Crippen molar-refractivity contribution in [1.82, 2.24) is 4.98 Å². The smallest absolute Gasteiger partial charge is 0.256 e. The van der Waals surface area contributed by atoms with E-state index in [9.17, 15) is 9.18 Å². The van der Waals surface area contributed by atoms with Crippen molar-refractivity contribution in [3.63, 3.8) is 0 Å². The second kappa shape index (κ2) is 4.69. The Labute approximate surface area is 111 Å². The van der Waals surface area contributed by atoms with Gasteiger partial charge in [0, 0.05) is 16.8 Å². The molecule has 0 saturated carbocycles. The summed E-state index contributed by atoms with van der Waals surface area (Å²) >= 11 is 17.7. The molecule has 2 aromatic rings. The molecule has 0 aliphatic carbocycles. The van der Waals surface area contributed by atoms with E-state index in [2.05, 4.69) is 4.98 Å². The van der Waals surface area contributed by atoms with Gasteiger partial charge in [0.05, 0.1) is 15.6 Å². The van der Waals surface area contributed by atoms with Crippen LogP contribution in [0.2, 0.25) is 15.1 Å². The van der Waals surface area contributed by atoms with Crippen LogP contribution in [0.15, 0.2) is 29.2 Å². The number of aromatic amines is 1. The fourth-order valence-electron chi connectivity index (χ4n) is 1.44. The number of aromatic nitrogens is 1. The van der Waals surface area contributed by atoms with Crippen LogP contribution in [0.4, 0.5) is 4.39 Å². The Balaban J connectivity index is 2.77. The van der Waals surface area contributed by atoms with E-state index in [0.29, 0.717) is 5.02 Å². The lowest BCUT2D eigenvalue weighted by atomic mass is 10.1. The van der Waals surface area contributed by atoms with Crippen LogP contribution in [0.5, 0.6) is 0 Å². The van der Waals surface area contributed by atoms with Crippen LogP contribution in [0.25, 0.3) is 11.1 Å². The van der Waals surface area contributed by atoms with E-state index in [4.69, 9.17) is 34.8 Å². The Morgan fingerprint density at radius 2 is 1.65 bits per heavy atom. The van der Waals surface area contributed by atoms with Crippen molar-refractivity contribution >= 4 is 34.8 Å². The van der Waals surface area contributed by atoms with Gasteiger partial charge in [-0.3, -0.25) is 4.79 Å². The van der Waals surface area contributed by atoms with Gasteiger partial charge in [-0.2, -0.15) is 0 Å². The zero-order chi connectivity index (χ0) is 12.6. The molecule has 1 N–H and O–H groups in total. The first kappa shape index (κ1) is 12.4. The van der Waals surface area contributed by atoms with E-state index in [1.165, 1.54) is 12.1 Å². The monoisotopic (exact) mass is 291 g/mol. The number of H-pyrrole nitrogens is 1. The number of nitrogens with one attached hydrogen (secondary N) is 1. The van der Waals surface area contributed by atoms with Crippen molar-refractivity contribution in [3.8, 4) is 11.1 Å². The Morgan fingerprint density at radius 3 is 2.24 bits per heavy atom. The lowest BCUT2D eigenvalue weighted by Gasteiger charge is -2.07. The third-order valence-corrected chi connectivity index (χ3v) is 2.96. The van der Waals surface area contributed by atoms with Crippen LogP contribution in [0, 0.1) is 5.82 Å². The van der Waals surface area contributed by atoms with E-state index in [1.54, 1.807) is 0 Å². The molecule has 17 heavy (non-hydrogen) atoms. The summed E-state index contributed by atoms with van der Waals surface area (Å²) in [7, 11) is 0. The maximum atomic E-state index is 13.1. The summed E-state index contributed by atoms with van der Waals surface area (Å²) in [4.78, 5) is 13.8. The lowest BCUT2D eigenvalue weighted by molar-refractivity contribution is 0.621. The van der Waals surface area contributed by atoms with Crippen LogP contribution in [0.1, 0.15) is 0 Å². The highest BCUT2D eigenvalue weighted by molar-refractivity contribution is 6.41. The normalized spacial score (nSPS) is 10.6. The van der Waals surface area contributed by atoms with E-state index in [1.807, 2.05) is 0 Å². The van der Waals surface area contributed by atoms with Gasteiger partial charge >= 0.3 is 0 Å². The molecule has 0 spiro atoms. The first-order valence-corrected chi connectivity index (χ1v) is 5.65. The van der Waals surface area contributed by atoms with Gasteiger partial charge < -0.3 is 4.98 Å². The van der Waals surface area contributed by atoms with E-state index in [-0.39, 0.29) is 21.2 Å². The van der Waals surface area contributed by atoms with Crippen LogP contribution in [-0.4, -0.2) is 4.98 Å². The van der Waals surface area contributed by atoms with Gasteiger partial charge in [-0.25, -0.2) is 4.39 Å². The largest absolute Gasteiger partial charge is 0.326 e. The van der Waals surface area contributed by atoms with Crippen LogP contribution in [-0.2, 0) is 0 Å². The predicted molar refractivity (Wildman–Crippen MR) is 67.5 cm³/mol. The van der Waals surface area contributed by atoms with Crippen molar-refractivity contribution in [1.29, 1.82) is 0 Å². The molecule has 6 heteroatoms. The molecule has 0 aliphatic heterocycles. The number of halogens is 4. The number of hydrogen-bond acceptors (Lipinski definition) is 1. The van der Waals surface area contributed by atoms with Crippen molar-refractivity contribution in [3.05, 3.63) is 55.6 Å². The standard InChI is InChI=1S/C11H5Cl3FNO/c12-5-1-8(13)10(9(14)2-5)7-3-6(15)4-16-11(7)17/h1-4H,(H,16,17). The number of hydrogen-bond donors (Lipinski definition) is 1. The van der Waals surface area contributed by atoms with E-state index >= 15 is 0 Å². The maximum Gasteiger partial charge on any atom is 0.256 e. The summed E-state index contributed by atoms with van der Waals surface area (Å²) in [5, 5.41) is 0.730. The van der Waals surface area contributed by atoms with Crippen LogP contribution in [0.3, 0.4) is 0 Å². The number of pyridine rings is 1. The second-order valence-electron chi connectivity index (χ2n) is 3.31. The molecule has 1 heterocycles. The van der Waals surface area contributed by atoms with Crippen molar-refractivity contribution in [2.45, 2.75) is 0 Å². The third kappa shape index (κ3) is 2.46. The molecule has 2 nitrogen and oxygen atoms in total. The Bertz CT molecular complexity index is 616. The molecule has 0 bridgehead atoms. The molecule has 2 rings (SSSR count). The fraction of sp³-hybridized carbons (Fsp3) is 0. The SMILES string of the molecule is O=c1[nH]cc(F)cc1-c1c(Cl)cc(Cl)cc1Cl. The van der Waals surface area contributed by atoms with Crippen molar-refractivity contribution in [2.75, 3.05) is 0 Å². The van der Waals surface area contributed by atoms with Gasteiger partial charge in [0.2, 0.25) is 0 Å². The molecule has 0 saturated heterocycles. The van der Waals surface area contributed by atoms with Crippen molar-refractivity contribution in [2.24, 2.45) is 0 Å². The summed E-state index contributed by atoms with van der Waals surface area (Å²) in [6.07, 6.45) is 0.962. The summed E-state index contributed by atoms with van der Waals surface area (Å²) in [6, 6.07) is 3.95. The summed E-state index contributed by atoms with van der Waals surface area (Å²) in [5.41, 5.74) is -0.146. The van der Waals surface area contributed by atoms with Gasteiger partial charge in [-0.15, -0.1) is 0 Å². The molecule has 0 unspecified atom stereocenters. The minimum Gasteiger partial charge on any atom is -0.326 e. The quantitative estimate of drug-likeness (QED) is 0.842. The Kier molecular flexibility index (Phi) is 3.43. The van der Waals surface area contributed by atoms with Crippen molar-refractivity contribution < 1.29 is 4.39 Å². The second-order valence-corrected chi connectivity index (χ2v) is 4.56. The topological polar surface area (TPSA) is 32.9 Å². The minimum atomic E-state index is -0.582. The highest BCUT2D eigenvalue weighted by Gasteiger charge is 2.14. The molecule has 0 radical (unpaired) electrons. The lowest BCUT2D eigenvalue weighted by Crippen LogP contribution is -2.09. The van der Waals surface area contributed by atoms with Gasteiger partial charge in [-0.05, 0) is 18.2 Å². The molecule has 0 atom stereocenters. The average Bonchev–Trinajstić information content (AvgIpc) is 2.21. The molecule has 88 valence electrons. The van der Waals surface area contributed by atoms with E-state index < -0.39 is 11.4 Å². The van der Waals surface area contributed by atoms with Crippen LogP contribution < -0.4 is 5.56 Å². The highest BCUT2D eigenvalue weighted by atomic mass is 35.5. The number of rotatable bonds is 1. The van der Waals surface area contributed by atoms with E-state index in [0.717, 1.165) is 12.3 Å². The van der Waals surface area contributed by atoms with Gasteiger partial charge in [0.25, 0.3) is 5.56 Å². The zero-order valence-electron chi connectivity index (χ0n) is 8.23. The third-order valence-electron chi connectivity index (χ3n) is 2.14. The summed E-state index contributed by atoms with van der Waals surface area (Å²) in [5.74, 6) is -0.582. The molecular weight excluding hydrogens is 287 g/mol. The number of benzene rings is 1. The first-order chi connectivity index (χ1) is 7.99. The highest BCUT2D eigenvalue weighted by Crippen LogP contribution is 2.35. The van der Waals surface area contributed by atoms with Crippen LogP contribution >= 0.6 is 34.8 Å². The average molecular weight is 293 g/mol. The molecule has 0 amide bonds. The molecule has 0 aliphatic rings. The molecule has 0 fully saturated rings. The predicted octanol–water partition coefficient (Wildman–Crippen LogP) is 4.14. The summed E-state index contributed by atoms with van der Waals surface area (Å²) < 4.78 is 13.1. The zero-order valence-corrected chi connectivity index (χ0v) is 10.5. The fourth-order valence-corrected chi connectivity index (χ4v) is 2.46. The van der Waals surface area contributed by atoms with Gasteiger partial charge in [-0.1, -0.05) is 34.8 Å². The molecule has 1 aromatic heterocycles. The van der Waals surface area contributed by atoms with Gasteiger partial charge in [0.1, 0.15) is 5.82 Å². The Hall–Kier alpha value is -1.03. The Morgan fingerprint density at radius 1 is 1.06 bits per heavy atom.